The van der Waals surface area contributed by atoms with Gasteiger partial charge in [-0.3, -0.25) is 4.79 Å². The van der Waals surface area contributed by atoms with Gasteiger partial charge in [-0.1, -0.05) is 97.1 Å². The van der Waals surface area contributed by atoms with Crippen molar-refractivity contribution in [3.8, 4) is 5.75 Å². The quantitative estimate of drug-likeness (QED) is 0.138. The van der Waals surface area contributed by atoms with E-state index in [2.05, 4.69) is 97.6 Å². The number of fused-ring (bicyclic) bond motifs is 1. The van der Waals surface area contributed by atoms with Crippen LogP contribution in [0.25, 0.3) is 10.9 Å². The largest absolute Gasteiger partial charge is 0.487 e. The number of rotatable bonds is 14. The molecule has 0 saturated heterocycles. The minimum Gasteiger partial charge on any atom is -0.487 e. The van der Waals surface area contributed by atoms with Gasteiger partial charge in [-0.25, -0.2) is 4.98 Å². The average Bonchev–Trinajstić information content (AvgIpc) is 3.01. The highest BCUT2D eigenvalue weighted by molar-refractivity contribution is 7.96. The SMILES string of the molecule is O=C(S)CC(CCCc1ccccc1)(CCCc1ccccc1)c1ccc(OCc2ccc3ccccc3n2)cc1. The average molecular weight is 560 g/mol. The Hall–Kier alpha value is -3.89. The van der Waals surface area contributed by atoms with Crippen LogP contribution < -0.4 is 4.74 Å². The molecule has 4 heteroatoms. The van der Waals surface area contributed by atoms with Gasteiger partial charge in [0.2, 0.25) is 0 Å². The van der Waals surface area contributed by atoms with E-state index in [9.17, 15) is 4.79 Å². The zero-order valence-corrected chi connectivity index (χ0v) is 24.3. The van der Waals surface area contributed by atoms with E-state index in [1.807, 2.05) is 36.4 Å². The number of pyridine rings is 1. The van der Waals surface area contributed by atoms with Crippen LogP contribution in [-0.2, 0) is 29.7 Å². The number of carbonyl (C=O) groups excluding carboxylic acids is 1. The Kier molecular flexibility index (Phi) is 9.87. The smallest absolute Gasteiger partial charge is 0.186 e. The van der Waals surface area contributed by atoms with Gasteiger partial charge in [0.1, 0.15) is 12.4 Å². The first-order valence-corrected chi connectivity index (χ1v) is 14.9. The fourth-order valence-corrected chi connectivity index (χ4v) is 6.09. The summed E-state index contributed by atoms with van der Waals surface area (Å²) in [6, 6.07) is 41.7. The van der Waals surface area contributed by atoms with Gasteiger partial charge in [-0.2, -0.15) is 0 Å². The standard InChI is InChI=1S/C37H37NO2S/c39-36(41)27-37(25-9-15-29-11-3-1-4-12-29,26-10-16-30-13-5-2-6-14-30)32-20-23-34(24-21-32)40-28-33-22-19-31-17-7-8-18-35(31)38-33/h1-8,11-14,17-24H,9-10,15-16,25-28H2,(H,39,41). The molecule has 5 aromatic rings. The minimum atomic E-state index is -0.277. The number of carbonyl (C=O) groups is 1. The van der Waals surface area contributed by atoms with E-state index in [0.717, 1.165) is 60.9 Å². The van der Waals surface area contributed by atoms with Crippen LogP contribution in [0.4, 0.5) is 0 Å². The molecule has 0 radical (unpaired) electrons. The fourth-order valence-electron chi connectivity index (χ4n) is 5.78. The molecular formula is C37H37NO2S. The van der Waals surface area contributed by atoms with E-state index in [1.165, 1.54) is 16.7 Å². The maximum atomic E-state index is 12.6. The van der Waals surface area contributed by atoms with E-state index >= 15 is 0 Å². The summed E-state index contributed by atoms with van der Waals surface area (Å²) in [7, 11) is 0. The molecule has 3 nitrogen and oxygen atoms in total. The molecule has 41 heavy (non-hydrogen) atoms. The van der Waals surface area contributed by atoms with Crippen LogP contribution in [0.1, 0.15) is 54.5 Å². The molecule has 0 aliphatic carbocycles. The third-order valence-electron chi connectivity index (χ3n) is 7.93. The molecule has 0 aliphatic heterocycles. The summed E-state index contributed by atoms with van der Waals surface area (Å²) in [4.78, 5) is 17.3. The Bertz CT molecular complexity index is 1490. The van der Waals surface area contributed by atoms with Crippen molar-refractivity contribution in [1.82, 2.24) is 4.98 Å². The maximum absolute atomic E-state index is 12.6. The second-order valence-electron chi connectivity index (χ2n) is 10.8. The van der Waals surface area contributed by atoms with Crippen molar-refractivity contribution in [1.29, 1.82) is 0 Å². The van der Waals surface area contributed by atoms with Crippen molar-refractivity contribution < 1.29 is 9.53 Å². The topological polar surface area (TPSA) is 39.2 Å². The van der Waals surface area contributed by atoms with Gasteiger partial charge in [0, 0.05) is 17.2 Å². The van der Waals surface area contributed by atoms with Gasteiger partial charge in [0.15, 0.2) is 5.12 Å². The zero-order valence-electron chi connectivity index (χ0n) is 23.4. The highest BCUT2D eigenvalue weighted by atomic mass is 32.1. The molecule has 5 rings (SSSR count). The number of hydrogen-bond donors (Lipinski definition) is 1. The molecule has 1 heterocycles. The Morgan fingerprint density at radius 2 is 1.27 bits per heavy atom. The number of para-hydroxylation sites is 1. The third kappa shape index (κ3) is 8.08. The lowest BCUT2D eigenvalue weighted by Gasteiger charge is -2.34. The molecule has 208 valence electrons. The molecule has 0 fully saturated rings. The summed E-state index contributed by atoms with van der Waals surface area (Å²) in [6.45, 7) is 0.401. The van der Waals surface area contributed by atoms with E-state index in [-0.39, 0.29) is 10.5 Å². The molecule has 0 N–H and O–H groups in total. The lowest BCUT2D eigenvalue weighted by Crippen LogP contribution is -2.29. The number of benzene rings is 4. The third-order valence-corrected chi connectivity index (χ3v) is 8.08. The first-order chi connectivity index (χ1) is 20.1. The van der Waals surface area contributed by atoms with Gasteiger partial charge in [0.25, 0.3) is 0 Å². The summed E-state index contributed by atoms with van der Waals surface area (Å²) in [5, 5.41) is 1.06. The first-order valence-electron chi connectivity index (χ1n) is 14.5. The Balaban J connectivity index is 1.32. The summed E-state index contributed by atoms with van der Waals surface area (Å²) < 4.78 is 6.12. The van der Waals surface area contributed by atoms with E-state index < -0.39 is 0 Å². The van der Waals surface area contributed by atoms with Crippen molar-refractivity contribution in [3.63, 3.8) is 0 Å². The van der Waals surface area contributed by atoms with Crippen LogP contribution in [0.5, 0.6) is 5.75 Å². The summed E-state index contributed by atoms with van der Waals surface area (Å²) in [5.74, 6) is 0.795. The van der Waals surface area contributed by atoms with Crippen molar-refractivity contribution in [2.45, 2.75) is 57.0 Å². The van der Waals surface area contributed by atoms with Crippen LogP contribution in [0.2, 0.25) is 0 Å². The molecule has 4 aromatic carbocycles. The first kappa shape index (κ1) is 28.6. The second kappa shape index (κ2) is 14.1. The molecule has 0 saturated carbocycles. The van der Waals surface area contributed by atoms with Crippen LogP contribution in [0, 0.1) is 0 Å². The van der Waals surface area contributed by atoms with Crippen LogP contribution >= 0.6 is 12.6 Å². The number of ether oxygens (including phenoxy) is 1. The van der Waals surface area contributed by atoms with Crippen LogP contribution in [0.3, 0.4) is 0 Å². The molecule has 0 bridgehead atoms. The minimum absolute atomic E-state index is 0.0628. The second-order valence-corrected chi connectivity index (χ2v) is 11.3. The number of thiol groups is 1. The van der Waals surface area contributed by atoms with Gasteiger partial charge in [-0.05, 0) is 79.5 Å². The summed E-state index contributed by atoms with van der Waals surface area (Å²) >= 11 is 4.28. The lowest BCUT2D eigenvalue weighted by atomic mass is 9.70. The highest BCUT2D eigenvalue weighted by Crippen LogP contribution is 2.40. The number of nitrogens with zero attached hydrogens (tertiary/aromatic N) is 1. The lowest BCUT2D eigenvalue weighted by molar-refractivity contribution is -0.112. The number of hydrogen-bond acceptors (Lipinski definition) is 3. The molecule has 0 unspecified atom stereocenters. The van der Waals surface area contributed by atoms with Crippen LogP contribution in [-0.4, -0.2) is 10.1 Å². The molecule has 0 amide bonds. The Labute approximate surface area is 249 Å². The monoisotopic (exact) mass is 559 g/mol. The predicted octanol–water partition coefficient (Wildman–Crippen LogP) is 8.94. The molecule has 0 aliphatic rings. The van der Waals surface area contributed by atoms with E-state index in [1.54, 1.807) is 0 Å². The zero-order chi connectivity index (χ0) is 28.3. The Morgan fingerprint density at radius 1 is 0.683 bits per heavy atom. The van der Waals surface area contributed by atoms with Crippen molar-refractivity contribution in [2.75, 3.05) is 0 Å². The van der Waals surface area contributed by atoms with E-state index in [4.69, 9.17) is 9.72 Å². The maximum Gasteiger partial charge on any atom is 0.186 e. The number of aryl methyl sites for hydroxylation is 2. The van der Waals surface area contributed by atoms with Gasteiger partial charge in [-0.15, -0.1) is 12.6 Å². The van der Waals surface area contributed by atoms with Gasteiger partial charge < -0.3 is 4.74 Å². The summed E-state index contributed by atoms with van der Waals surface area (Å²) in [5.41, 5.74) is 5.42. The van der Waals surface area contributed by atoms with Crippen molar-refractivity contribution in [3.05, 3.63) is 144 Å². The predicted molar refractivity (Wildman–Crippen MR) is 172 cm³/mol. The van der Waals surface area contributed by atoms with E-state index in [0.29, 0.717) is 13.0 Å². The van der Waals surface area contributed by atoms with Crippen molar-refractivity contribution in [2.24, 2.45) is 0 Å². The molecule has 1 aromatic heterocycles. The fraction of sp³-hybridized carbons (Fsp3) is 0.243. The molecule has 0 atom stereocenters. The van der Waals surface area contributed by atoms with Crippen molar-refractivity contribution >= 4 is 28.6 Å². The van der Waals surface area contributed by atoms with Crippen LogP contribution in [0.15, 0.2) is 121 Å². The summed E-state index contributed by atoms with van der Waals surface area (Å²) in [6.07, 6.45) is 6.24. The van der Waals surface area contributed by atoms with Gasteiger partial charge >= 0.3 is 0 Å². The highest BCUT2D eigenvalue weighted by Gasteiger charge is 2.33. The normalized spacial score (nSPS) is 11.4. The molecule has 0 spiro atoms. The molecular weight excluding hydrogens is 522 g/mol. The Morgan fingerprint density at radius 3 is 1.88 bits per heavy atom. The van der Waals surface area contributed by atoms with Gasteiger partial charge in [0.05, 0.1) is 11.2 Å². The number of aromatic nitrogens is 1.